The van der Waals surface area contributed by atoms with Crippen molar-refractivity contribution in [3.8, 4) is 0 Å². The van der Waals surface area contributed by atoms with Gasteiger partial charge in [0.1, 0.15) is 5.82 Å². The average Bonchev–Trinajstić information content (AvgIpc) is 2.51. The van der Waals surface area contributed by atoms with Crippen LogP contribution in [0.25, 0.3) is 0 Å². The van der Waals surface area contributed by atoms with Gasteiger partial charge in [0.05, 0.1) is 16.1 Å². The zero-order valence-corrected chi connectivity index (χ0v) is 15.8. The Balaban J connectivity index is 2.62. The third-order valence-electron chi connectivity index (χ3n) is 4.74. The molecule has 0 unspecified atom stereocenters. The molecule has 0 atom stereocenters. The Kier molecular flexibility index (Phi) is 5.11. The van der Waals surface area contributed by atoms with Crippen molar-refractivity contribution in [1.29, 1.82) is 0 Å². The molecule has 26 heavy (non-hydrogen) atoms. The first-order valence-electron chi connectivity index (χ1n) is 7.74. The first-order valence-corrected chi connectivity index (χ1v) is 9.22. The van der Waals surface area contributed by atoms with E-state index in [1.54, 1.807) is 27.7 Å². The topological polar surface area (TPSA) is 46.2 Å². The van der Waals surface area contributed by atoms with E-state index in [-0.39, 0.29) is 4.90 Å². The van der Waals surface area contributed by atoms with Crippen LogP contribution in [0.5, 0.6) is 0 Å². The summed E-state index contributed by atoms with van der Waals surface area (Å²) in [6.07, 6.45) is -4.71. The number of benzene rings is 2. The van der Waals surface area contributed by atoms with Crippen LogP contribution in [-0.2, 0) is 16.2 Å². The summed E-state index contributed by atoms with van der Waals surface area (Å²) in [6, 6.07) is 1.60. The van der Waals surface area contributed by atoms with E-state index in [2.05, 4.69) is 0 Å². The largest absolute Gasteiger partial charge is 0.416 e. The lowest BCUT2D eigenvalue weighted by Gasteiger charge is -2.20. The molecule has 0 saturated carbocycles. The Morgan fingerprint density at radius 1 is 0.846 bits per heavy atom. The SMILES string of the molecule is Cc1c(C)c(C)c(S(=O)(=O)Nc2cc(C(F)(F)F)ccc2F)c(C)c1C. The second-order valence-corrected chi connectivity index (χ2v) is 7.87. The van der Waals surface area contributed by atoms with Crippen LogP contribution in [-0.4, -0.2) is 8.42 Å². The third-order valence-corrected chi connectivity index (χ3v) is 6.38. The van der Waals surface area contributed by atoms with E-state index in [9.17, 15) is 26.0 Å². The van der Waals surface area contributed by atoms with Crippen LogP contribution in [0.2, 0.25) is 0 Å². The summed E-state index contributed by atoms with van der Waals surface area (Å²) < 4.78 is 80.0. The van der Waals surface area contributed by atoms with Gasteiger partial charge in [0.25, 0.3) is 10.0 Å². The highest BCUT2D eigenvalue weighted by Gasteiger charge is 2.32. The molecule has 0 aliphatic heterocycles. The predicted molar refractivity (Wildman–Crippen MR) is 92.3 cm³/mol. The van der Waals surface area contributed by atoms with Gasteiger partial charge in [0.2, 0.25) is 0 Å². The van der Waals surface area contributed by atoms with Gasteiger partial charge in [-0.15, -0.1) is 0 Å². The zero-order chi connectivity index (χ0) is 20.0. The summed E-state index contributed by atoms with van der Waals surface area (Å²) in [7, 11) is -4.28. The second kappa shape index (κ2) is 6.57. The predicted octanol–water partition coefficient (Wildman–Crippen LogP) is 5.19. The number of hydrogen-bond acceptors (Lipinski definition) is 2. The first-order chi connectivity index (χ1) is 11.8. The lowest BCUT2D eigenvalue weighted by Crippen LogP contribution is -2.19. The fourth-order valence-corrected chi connectivity index (χ4v) is 4.50. The summed E-state index contributed by atoms with van der Waals surface area (Å²) >= 11 is 0. The van der Waals surface area contributed by atoms with Crippen molar-refractivity contribution < 1.29 is 26.0 Å². The number of anilines is 1. The Bertz CT molecular complexity index is 951. The number of hydrogen-bond donors (Lipinski definition) is 1. The smallest absolute Gasteiger partial charge is 0.277 e. The van der Waals surface area contributed by atoms with Gasteiger partial charge in [0.15, 0.2) is 0 Å². The fourth-order valence-electron chi connectivity index (χ4n) is 2.84. The molecule has 0 radical (unpaired) electrons. The maximum absolute atomic E-state index is 13.9. The molecule has 0 spiro atoms. The van der Waals surface area contributed by atoms with Gasteiger partial charge < -0.3 is 0 Å². The van der Waals surface area contributed by atoms with Gasteiger partial charge >= 0.3 is 6.18 Å². The lowest BCUT2D eigenvalue weighted by atomic mass is 9.95. The Morgan fingerprint density at radius 3 is 1.77 bits per heavy atom. The quantitative estimate of drug-likeness (QED) is 0.735. The van der Waals surface area contributed by atoms with Gasteiger partial charge in [0, 0.05) is 0 Å². The minimum atomic E-state index is -4.71. The highest BCUT2D eigenvalue weighted by molar-refractivity contribution is 7.92. The molecule has 0 bridgehead atoms. The highest BCUT2D eigenvalue weighted by atomic mass is 32.2. The van der Waals surface area contributed by atoms with Crippen molar-refractivity contribution in [2.75, 3.05) is 4.72 Å². The summed E-state index contributed by atoms with van der Waals surface area (Å²) in [5.74, 6) is -1.09. The second-order valence-electron chi connectivity index (χ2n) is 6.25. The van der Waals surface area contributed by atoms with Gasteiger partial charge in [-0.1, -0.05) is 0 Å². The Hall–Kier alpha value is -2.09. The van der Waals surface area contributed by atoms with E-state index in [0.717, 1.165) is 16.7 Å². The van der Waals surface area contributed by atoms with Crippen LogP contribution in [0.1, 0.15) is 33.4 Å². The molecule has 2 rings (SSSR count). The molecule has 8 heteroatoms. The first kappa shape index (κ1) is 20.2. The molecule has 0 aliphatic carbocycles. The van der Waals surface area contributed by atoms with E-state index in [4.69, 9.17) is 0 Å². The van der Waals surface area contributed by atoms with Gasteiger partial charge in [-0.2, -0.15) is 13.2 Å². The monoisotopic (exact) mass is 389 g/mol. The van der Waals surface area contributed by atoms with E-state index >= 15 is 0 Å². The number of sulfonamides is 1. The van der Waals surface area contributed by atoms with Crippen molar-refractivity contribution in [2.45, 2.75) is 45.7 Å². The lowest BCUT2D eigenvalue weighted by molar-refractivity contribution is -0.137. The van der Waals surface area contributed by atoms with Crippen LogP contribution in [0.15, 0.2) is 23.1 Å². The molecule has 1 N–H and O–H groups in total. The molecule has 0 saturated heterocycles. The van der Waals surface area contributed by atoms with Crippen molar-refractivity contribution in [3.05, 3.63) is 57.4 Å². The van der Waals surface area contributed by atoms with Crippen molar-refractivity contribution in [1.82, 2.24) is 0 Å². The normalized spacial score (nSPS) is 12.3. The molecular weight excluding hydrogens is 370 g/mol. The van der Waals surface area contributed by atoms with Crippen LogP contribution >= 0.6 is 0 Å². The van der Waals surface area contributed by atoms with Crippen LogP contribution in [0, 0.1) is 40.4 Å². The van der Waals surface area contributed by atoms with E-state index in [1.165, 1.54) is 0 Å². The average molecular weight is 389 g/mol. The maximum atomic E-state index is 13.9. The van der Waals surface area contributed by atoms with Gasteiger partial charge in [-0.3, -0.25) is 4.72 Å². The summed E-state index contributed by atoms with van der Waals surface area (Å²) in [6.45, 7) is 8.63. The van der Waals surface area contributed by atoms with E-state index in [0.29, 0.717) is 29.3 Å². The van der Waals surface area contributed by atoms with Gasteiger partial charge in [-0.05, 0) is 80.6 Å². The summed E-state index contributed by atoms with van der Waals surface area (Å²) in [5, 5.41) is 0. The molecule has 0 aliphatic rings. The van der Waals surface area contributed by atoms with Crippen LogP contribution in [0.4, 0.5) is 23.2 Å². The Morgan fingerprint density at radius 2 is 1.31 bits per heavy atom. The fraction of sp³-hybridized carbons (Fsp3) is 0.333. The number of nitrogens with one attached hydrogen (secondary N) is 1. The molecule has 2 aromatic rings. The van der Waals surface area contributed by atoms with Crippen molar-refractivity contribution in [2.24, 2.45) is 0 Å². The van der Waals surface area contributed by atoms with Crippen molar-refractivity contribution in [3.63, 3.8) is 0 Å². The highest BCUT2D eigenvalue weighted by Crippen LogP contribution is 2.34. The number of halogens is 4. The van der Waals surface area contributed by atoms with E-state index < -0.39 is 33.3 Å². The summed E-state index contributed by atoms with van der Waals surface area (Å²) in [5.41, 5.74) is 1.53. The minimum Gasteiger partial charge on any atom is -0.277 e. The van der Waals surface area contributed by atoms with E-state index in [1.807, 2.05) is 11.6 Å². The molecule has 0 aromatic heterocycles. The number of alkyl halides is 3. The molecule has 0 heterocycles. The van der Waals surface area contributed by atoms with Crippen LogP contribution in [0.3, 0.4) is 0 Å². The standard InChI is InChI=1S/C18H19F4NO2S/c1-9-10(2)12(4)17(13(5)11(9)3)26(24,25)23-16-8-14(18(20,21)22)6-7-15(16)19/h6-8,23H,1-5H3. The van der Waals surface area contributed by atoms with Gasteiger partial charge in [-0.25, -0.2) is 12.8 Å². The molecule has 0 amide bonds. The third kappa shape index (κ3) is 3.56. The molecular formula is C18H19F4NO2S. The number of rotatable bonds is 3. The molecule has 0 fully saturated rings. The van der Waals surface area contributed by atoms with Crippen molar-refractivity contribution >= 4 is 15.7 Å². The Labute approximate surface area is 150 Å². The summed E-state index contributed by atoms with van der Waals surface area (Å²) in [4.78, 5) is -0.0464. The van der Waals surface area contributed by atoms with Crippen LogP contribution < -0.4 is 4.72 Å². The zero-order valence-electron chi connectivity index (χ0n) is 15.0. The maximum Gasteiger partial charge on any atom is 0.416 e. The molecule has 3 nitrogen and oxygen atoms in total. The minimum absolute atomic E-state index is 0.0464. The molecule has 142 valence electrons. The molecule has 2 aromatic carbocycles.